The average Bonchev–Trinajstić information content (AvgIpc) is 2.69. The normalized spacial score (nSPS) is 16.8. The molecule has 0 radical (unpaired) electrons. The molecule has 0 rings (SSSR count). The van der Waals surface area contributed by atoms with Crippen LogP contribution in [0.3, 0.4) is 0 Å². The molecule has 0 aliphatic carbocycles. The molecule has 8 nitrogen and oxygen atoms in total. The Labute approximate surface area is 231 Å². The Morgan fingerprint density at radius 1 is 0.528 bits per heavy atom. The lowest BCUT2D eigenvalue weighted by molar-refractivity contribution is 0.0759. The zero-order valence-corrected chi connectivity index (χ0v) is 33.2. The zero-order valence-electron chi connectivity index (χ0n) is 26.1. The van der Waals surface area contributed by atoms with Gasteiger partial charge in [-0.1, -0.05) is 12.8 Å². The summed E-state index contributed by atoms with van der Waals surface area (Å²) in [7, 11) is -7.69. The lowest BCUT2D eigenvalue weighted by Gasteiger charge is -2.38. The van der Waals surface area contributed by atoms with Crippen LogP contribution in [0.15, 0.2) is 0 Å². The molecule has 2 atom stereocenters. The maximum atomic E-state index is 6.68. The topological polar surface area (TPSA) is 73.8 Å². The summed E-state index contributed by atoms with van der Waals surface area (Å²) in [6, 6.07) is 3.88. The van der Waals surface area contributed by atoms with Crippen LogP contribution in [-0.2, 0) is 34.2 Å². The van der Waals surface area contributed by atoms with E-state index in [1.165, 1.54) is 0 Å². The number of hydrogen-bond acceptors (Lipinski definition) is 8. The molecule has 0 heterocycles. The summed E-state index contributed by atoms with van der Waals surface area (Å²) >= 11 is 0. The highest BCUT2D eigenvalue weighted by molar-refractivity contribution is 6.85. The Hall–Kier alpha value is 1.20. The Morgan fingerprint density at radius 3 is 1.36 bits per heavy atom. The Kier molecular flexibility index (Phi) is 15.8. The molecule has 0 aliphatic rings. The third kappa shape index (κ3) is 16.3. The summed E-state index contributed by atoms with van der Waals surface area (Å²) in [6.45, 7) is 24.3. The summed E-state index contributed by atoms with van der Waals surface area (Å²) < 4.78 is 49.4. The Balaban J connectivity index is 5.10. The average molecular weight is 635 g/mol. The van der Waals surface area contributed by atoms with E-state index < -0.39 is 60.2 Å². The van der Waals surface area contributed by atoms with Gasteiger partial charge in [-0.05, 0) is 96.2 Å². The van der Waals surface area contributed by atoms with Gasteiger partial charge in [-0.25, -0.2) is 0 Å². The first-order valence-corrected chi connectivity index (χ1v) is 32.1. The van der Waals surface area contributed by atoms with Crippen LogP contribution in [0.25, 0.3) is 0 Å². The lowest BCUT2D eigenvalue weighted by Crippen LogP contribution is -2.59. The van der Waals surface area contributed by atoms with E-state index in [-0.39, 0.29) is 0 Å². The van der Waals surface area contributed by atoms with Crippen molar-refractivity contribution in [3.8, 4) is 0 Å². The molecular formula is C21H58O8Si7. The Bertz CT molecular complexity index is 624. The molecule has 36 heavy (non-hydrogen) atoms. The van der Waals surface area contributed by atoms with Gasteiger partial charge in [0.25, 0.3) is 0 Å². The molecule has 0 N–H and O–H groups in total. The maximum absolute atomic E-state index is 6.68. The SMILES string of the molecule is CO[SiH](CCC[Si](C)(C)O[Si](OC)(OC)O[Si](C)(C)CCC[Si](C)(OC)O[Si](C)(C)C)O[Si](C)(C)C. The molecule has 0 aromatic carbocycles. The molecule has 0 amide bonds. The molecule has 218 valence electrons. The third-order valence-electron chi connectivity index (χ3n) is 5.63. The van der Waals surface area contributed by atoms with Crippen molar-refractivity contribution in [2.24, 2.45) is 0 Å². The van der Waals surface area contributed by atoms with E-state index >= 15 is 0 Å². The summed E-state index contributed by atoms with van der Waals surface area (Å²) in [5.74, 6) is 0. The van der Waals surface area contributed by atoms with Crippen LogP contribution in [0.5, 0.6) is 0 Å². The molecule has 0 saturated heterocycles. The van der Waals surface area contributed by atoms with Crippen molar-refractivity contribution in [2.75, 3.05) is 28.4 Å². The van der Waals surface area contributed by atoms with Gasteiger partial charge in [0.1, 0.15) is 0 Å². The minimum absolute atomic E-state index is 0.952. The predicted molar refractivity (Wildman–Crippen MR) is 167 cm³/mol. The van der Waals surface area contributed by atoms with Gasteiger partial charge in [-0.3, -0.25) is 0 Å². The van der Waals surface area contributed by atoms with Crippen LogP contribution in [-0.4, -0.2) is 88.6 Å². The van der Waals surface area contributed by atoms with Gasteiger partial charge in [0, 0.05) is 28.4 Å². The fraction of sp³-hybridized carbons (Fsp3) is 1.00. The first kappa shape index (κ1) is 37.2. The highest BCUT2D eigenvalue weighted by Crippen LogP contribution is 2.30. The van der Waals surface area contributed by atoms with Gasteiger partial charge in [0.2, 0.25) is 0 Å². The summed E-state index contributed by atoms with van der Waals surface area (Å²) in [5, 5.41) is 0. The molecule has 0 spiro atoms. The van der Waals surface area contributed by atoms with E-state index in [0.29, 0.717) is 0 Å². The molecule has 2 unspecified atom stereocenters. The van der Waals surface area contributed by atoms with Gasteiger partial charge in [-0.15, -0.1) is 0 Å². The summed E-state index contributed by atoms with van der Waals surface area (Å²) in [5.41, 5.74) is 0. The smallest absolute Gasteiger partial charge is 0.438 e. The number of hydrogen-bond donors (Lipinski definition) is 0. The van der Waals surface area contributed by atoms with Crippen molar-refractivity contribution in [1.29, 1.82) is 0 Å². The van der Waals surface area contributed by atoms with Crippen molar-refractivity contribution in [3.63, 3.8) is 0 Å². The number of rotatable bonds is 20. The highest BCUT2D eigenvalue weighted by Gasteiger charge is 2.52. The van der Waals surface area contributed by atoms with Gasteiger partial charge in [0.15, 0.2) is 33.3 Å². The first-order chi connectivity index (χ1) is 16.1. The maximum Gasteiger partial charge on any atom is 0.657 e. The predicted octanol–water partition coefficient (Wildman–Crippen LogP) is 6.23. The van der Waals surface area contributed by atoms with Crippen LogP contribution < -0.4 is 0 Å². The molecule has 15 heteroatoms. The van der Waals surface area contributed by atoms with Crippen LogP contribution in [0.2, 0.25) is 96.2 Å². The highest BCUT2D eigenvalue weighted by atomic mass is 28.5. The van der Waals surface area contributed by atoms with Crippen molar-refractivity contribution < 1.29 is 34.2 Å². The molecule has 0 aromatic rings. The minimum Gasteiger partial charge on any atom is -0.438 e. The zero-order chi connectivity index (χ0) is 28.5. The van der Waals surface area contributed by atoms with E-state index in [1.54, 1.807) is 28.4 Å². The second kappa shape index (κ2) is 15.3. The molecule has 0 aromatic heterocycles. The Morgan fingerprint density at radius 2 is 1.00 bits per heavy atom. The molecule has 0 fully saturated rings. The fourth-order valence-electron chi connectivity index (χ4n) is 4.04. The van der Waals surface area contributed by atoms with Crippen LogP contribution >= 0.6 is 0 Å². The van der Waals surface area contributed by atoms with Crippen molar-refractivity contribution in [3.05, 3.63) is 0 Å². The molecule has 0 bridgehead atoms. The summed E-state index contributed by atoms with van der Waals surface area (Å²) in [4.78, 5) is 0. The van der Waals surface area contributed by atoms with Crippen molar-refractivity contribution >= 4 is 60.2 Å². The minimum atomic E-state index is -3.25. The van der Waals surface area contributed by atoms with Gasteiger partial charge < -0.3 is 34.2 Å². The van der Waals surface area contributed by atoms with Gasteiger partial charge >= 0.3 is 26.9 Å². The first-order valence-electron chi connectivity index (χ1n) is 13.1. The molecular weight excluding hydrogens is 577 g/mol. The fourth-order valence-corrected chi connectivity index (χ4v) is 26.9. The van der Waals surface area contributed by atoms with Crippen molar-refractivity contribution in [2.45, 2.75) is 109 Å². The second-order valence-electron chi connectivity index (χ2n) is 12.8. The second-order valence-corrected chi connectivity index (χ2v) is 39.6. The van der Waals surface area contributed by atoms with E-state index in [9.17, 15) is 0 Å². The van der Waals surface area contributed by atoms with Gasteiger partial charge in [-0.2, -0.15) is 0 Å². The molecule has 0 aliphatic heterocycles. The van der Waals surface area contributed by atoms with Crippen molar-refractivity contribution in [1.82, 2.24) is 0 Å². The van der Waals surface area contributed by atoms with Gasteiger partial charge in [0.05, 0.1) is 0 Å². The third-order valence-corrected chi connectivity index (χ3v) is 27.8. The van der Waals surface area contributed by atoms with E-state index in [0.717, 1.165) is 37.0 Å². The largest absolute Gasteiger partial charge is 0.657 e. The quantitative estimate of drug-likeness (QED) is 0.146. The monoisotopic (exact) mass is 634 g/mol. The van der Waals surface area contributed by atoms with E-state index in [4.69, 9.17) is 34.2 Å². The summed E-state index contributed by atoms with van der Waals surface area (Å²) in [6.07, 6.45) is 2.02. The van der Waals surface area contributed by atoms with Crippen LogP contribution in [0, 0.1) is 0 Å². The van der Waals surface area contributed by atoms with E-state index in [2.05, 4.69) is 72.0 Å². The molecule has 0 saturated carbocycles. The van der Waals surface area contributed by atoms with E-state index in [1.807, 2.05) is 0 Å². The lowest BCUT2D eigenvalue weighted by atomic mass is 10.6. The van der Waals surface area contributed by atoms with Crippen LogP contribution in [0.1, 0.15) is 12.8 Å². The standard InChI is InChI=1S/C21H58O8Si7/c1-22-30(26-31(5,6)7)18-16-19-33(11,12)28-36(24-3,25-4)29-34(13,14)20-17-21-35(15,23-2)27-32(8,9)10/h30H,16-21H2,1-15H3. The van der Waals surface area contributed by atoms with Crippen LogP contribution in [0.4, 0.5) is 0 Å².